The Morgan fingerprint density at radius 2 is 1.96 bits per heavy atom. The molecule has 0 fully saturated rings. The quantitative estimate of drug-likeness (QED) is 0.825. The highest BCUT2D eigenvalue weighted by Crippen LogP contribution is 2.27. The number of ether oxygens (including phenoxy) is 1. The zero-order valence-corrected chi connectivity index (χ0v) is 15.3. The van der Waals surface area contributed by atoms with Crippen LogP contribution in [0, 0.1) is 6.92 Å². The molecule has 0 spiro atoms. The van der Waals surface area contributed by atoms with Crippen molar-refractivity contribution in [2.24, 2.45) is 0 Å². The molecule has 0 aliphatic heterocycles. The van der Waals surface area contributed by atoms with Crippen LogP contribution in [0.3, 0.4) is 0 Å². The molecule has 0 bridgehead atoms. The lowest BCUT2D eigenvalue weighted by atomic mass is 10.2. The second-order valence-electron chi connectivity index (χ2n) is 5.56. The molecule has 25 heavy (non-hydrogen) atoms. The number of carbonyl (C=O) groups is 2. The fraction of sp³-hybridized carbons (Fsp3) is 0.278. The highest BCUT2D eigenvalue weighted by molar-refractivity contribution is 6.33. The number of pyridine rings is 1. The van der Waals surface area contributed by atoms with Crippen molar-refractivity contribution in [2.75, 3.05) is 30.9 Å². The Balaban J connectivity index is 2.17. The number of benzene rings is 1. The third-order valence-corrected chi connectivity index (χ3v) is 3.80. The zero-order valence-electron chi connectivity index (χ0n) is 14.6. The molecule has 1 amide bonds. The van der Waals surface area contributed by atoms with Gasteiger partial charge < -0.3 is 15.0 Å². The van der Waals surface area contributed by atoms with Gasteiger partial charge in [0.2, 0.25) is 0 Å². The van der Waals surface area contributed by atoms with Crippen molar-refractivity contribution in [1.29, 1.82) is 0 Å². The van der Waals surface area contributed by atoms with Gasteiger partial charge in [0.05, 0.1) is 28.6 Å². The van der Waals surface area contributed by atoms with Crippen LogP contribution < -0.4 is 10.2 Å². The molecule has 2 aromatic rings. The molecule has 1 N–H and O–H groups in total. The maximum absolute atomic E-state index is 12.4. The fourth-order valence-corrected chi connectivity index (χ4v) is 2.60. The SMILES string of the molecule is CCOC(=O)c1ccc(C(=O)Nc2ccc(N(C)C)c(Cl)c2)nc1C. The van der Waals surface area contributed by atoms with Gasteiger partial charge >= 0.3 is 5.97 Å². The van der Waals surface area contributed by atoms with Crippen LogP contribution in [-0.2, 0) is 4.74 Å². The van der Waals surface area contributed by atoms with Crippen LogP contribution >= 0.6 is 11.6 Å². The third kappa shape index (κ3) is 4.48. The lowest BCUT2D eigenvalue weighted by Crippen LogP contribution is -2.16. The molecule has 1 aromatic carbocycles. The van der Waals surface area contributed by atoms with Gasteiger partial charge in [-0.2, -0.15) is 0 Å². The second-order valence-corrected chi connectivity index (χ2v) is 5.97. The van der Waals surface area contributed by atoms with E-state index in [-0.39, 0.29) is 18.2 Å². The average Bonchev–Trinajstić information content (AvgIpc) is 2.54. The normalized spacial score (nSPS) is 10.3. The first-order valence-corrected chi connectivity index (χ1v) is 8.14. The van der Waals surface area contributed by atoms with Crippen LogP contribution in [-0.4, -0.2) is 37.6 Å². The Hall–Kier alpha value is -2.60. The van der Waals surface area contributed by atoms with Crippen molar-refractivity contribution in [3.63, 3.8) is 0 Å². The van der Waals surface area contributed by atoms with E-state index in [0.717, 1.165) is 5.69 Å². The monoisotopic (exact) mass is 361 g/mol. The van der Waals surface area contributed by atoms with Gasteiger partial charge in [-0.15, -0.1) is 0 Å². The van der Waals surface area contributed by atoms with E-state index in [4.69, 9.17) is 16.3 Å². The van der Waals surface area contributed by atoms with Crippen LogP contribution in [0.2, 0.25) is 5.02 Å². The number of aryl methyl sites for hydroxylation is 1. The number of esters is 1. The number of halogens is 1. The van der Waals surface area contributed by atoms with Gasteiger partial charge in [-0.1, -0.05) is 11.6 Å². The molecule has 0 aliphatic rings. The molecule has 0 saturated heterocycles. The summed E-state index contributed by atoms with van der Waals surface area (Å²) in [5.74, 6) is -0.835. The van der Waals surface area contributed by atoms with Gasteiger partial charge in [-0.25, -0.2) is 9.78 Å². The maximum Gasteiger partial charge on any atom is 0.339 e. The second kappa shape index (κ2) is 7.98. The van der Waals surface area contributed by atoms with E-state index in [2.05, 4.69) is 10.3 Å². The highest BCUT2D eigenvalue weighted by Gasteiger charge is 2.15. The van der Waals surface area contributed by atoms with Crippen LogP contribution in [0.1, 0.15) is 33.5 Å². The average molecular weight is 362 g/mol. The topological polar surface area (TPSA) is 71.5 Å². The van der Waals surface area contributed by atoms with Gasteiger partial charge in [-0.05, 0) is 44.2 Å². The Morgan fingerprint density at radius 3 is 2.52 bits per heavy atom. The van der Waals surface area contributed by atoms with Crippen LogP contribution in [0.15, 0.2) is 30.3 Å². The summed E-state index contributed by atoms with van der Waals surface area (Å²) in [5, 5.41) is 3.28. The summed E-state index contributed by atoms with van der Waals surface area (Å²) in [7, 11) is 3.77. The zero-order chi connectivity index (χ0) is 18.6. The summed E-state index contributed by atoms with van der Waals surface area (Å²) in [6, 6.07) is 8.29. The fourth-order valence-electron chi connectivity index (χ4n) is 2.25. The molecule has 0 atom stereocenters. The number of anilines is 2. The van der Waals surface area contributed by atoms with E-state index >= 15 is 0 Å². The molecule has 6 nitrogen and oxygen atoms in total. The van der Waals surface area contributed by atoms with Crippen molar-refractivity contribution in [3.8, 4) is 0 Å². The van der Waals surface area contributed by atoms with Gasteiger partial charge in [0.15, 0.2) is 0 Å². The number of aromatic nitrogens is 1. The smallest absolute Gasteiger partial charge is 0.339 e. The molecule has 0 radical (unpaired) electrons. The number of nitrogens with zero attached hydrogens (tertiary/aromatic N) is 2. The van der Waals surface area contributed by atoms with E-state index in [1.165, 1.54) is 12.1 Å². The van der Waals surface area contributed by atoms with Gasteiger partial charge in [0, 0.05) is 19.8 Å². The van der Waals surface area contributed by atoms with Gasteiger partial charge in [-0.3, -0.25) is 4.79 Å². The minimum Gasteiger partial charge on any atom is -0.462 e. The lowest BCUT2D eigenvalue weighted by molar-refractivity contribution is 0.0524. The van der Waals surface area contributed by atoms with Gasteiger partial charge in [0.25, 0.3) is 5.91 Å². The van der Waals surface area contributed by atoms with E-state index in [9.17, 15) is 9.59 Å². The molecule has 1 aromatic heterocycles. The molecule has 0 saturated carbocycles. The standard InChI is InChI=1S/C18H20ClN3O3/c1-5-25-18(24)13-7-8-15(20-11(13)2)17(23)21-12-6-9-16(22(3)4)14(19)10-12/h6-10H,5H2,1-4H3,(H,21,23). The van der Waals surface area contributed by atoms with Crippen LogP contribution in [0.25, 0.3) is 0 Å². The van der Waals surface area contributed by atoms with Crippen molar-refractivity contribution >= 4 is 34.9 Å². The maximum atomic E-state index is 12.4. The van der Waals surface area contributed by atoms with Crippen LogP contribution in [0.5, 0.6) is 0 Å². The Bertz CT molecular complexity index is 806. The molecule has 2 rings (SSSR count). The van der Waals surface area contributed by atoms with Crippen molar-refractivity contribution < 1.29 is 14.3 Å². The minimum atomic E-state index is -0.453. The van der Waals surface area contributed by atoms with Gasteiger partial charge in [0.1, 0.15) is 5.69 Å². The molecular weight excluding hydrogens is 342 g/mol. The minimum absolute atomic E-state index is 0.207. The highest BCUT2D eigenvalue weighted by atomic mass is 35.5. The molecule has 0 unspecified atom stereocenters. The lowest BCUT2D eigenvalue weighted by Gasteiger charge is -2.15. The van der Waals surface area contributed by atoms with Crippen molar-refractivity contribution in [3.05, 3.63) is 52.3 Å². The first kappa shape index (κ1) is 18.7. The number of carbonyl (C=O) groups excluding carboxylic acids is 2. The van der Waals surface area contributed by atoms with E-state index in [0.29, 0.717) is 22.0 Å². The number of amides is 1. The number of hydrogen-bond acceptors (Lipinski definition) is 5. The Morgan fingerprint density at radius 1 is 1.24 bits per heavy atom. The summed E-state index contributed by atoms with van der Waals surface area (Å²) in [5.41, 5.74) is 2.41. The van der Waals surface area contributed by atoms with Crippen molar-refractivity contribution in [2.45, 2.75) is 13.8 Å². The molecule has 1 heterocycles. The summed E-state index contributed by atoms with van der Waals surface area (Å²) in [6.07, 6.45) is 0. The first-order valence-electron chi connectivity index (χ1n) is 7.76. The predicted molar refractivity (Wildman–Crippen MR) is 98.7 cm³/mol. The predicted octanol–water partition coefficient (Wildman–Crippen LogP) is 3.54. The Labute approximate surface area is 151 Å². The Kier molecular flexibility index (Phi) is 5.98. The number of nitrogens with one attached hydrogen (secondary N) is 1. The van der Waals surface area contributed by atoms with Crippen molar-refractivity contribution in [1.82, 2.24) is 4.98 Å². The van der Waals surface area contributed by atoms with E-state index < -0.39 is 5.97 Å². The summed E-state index contributed by atoms with van der Waals surface area (Å²) in [6.45, 7) is 3.67. The molecule has 0 aliphatic carbocycles. The number of hydrogen-bond donors (Lipinski definition) is 1. The molecular formula is C18H20ClN3O3. The van der Waals surface area contributed by atoms with Crippen LogP contribution in [0.4, 0.5) is 11.4 Å². The van der Waals surface area contributed by atoms with E-state index in [1.807, 2.05) is 25.1 Å². The summed E-state index contributed by atoms with van der Waals surface area (Å²) < 4.78 is 4.95. The molecule has 7 heteroatoms. The third-order valence-electron chi connectivity index (χ3n) is 3.50. The largest absolute Gasteiger partial charge is 0.462 e. The molecule has 132 valence electrons. The van der Waals surface area contributed by atoms with E-state index in [1.54, 1.807) is 26.0 Å². The summed E-state index contributed by atoms with van der Waals surface area (Å²) >= 11 is 6.20. The number of rotatable bonds is 5. The summed E-state index contributed by atoms with van der Waals surface area (Å²) in [4.78, 5) is 30.2. The first-order chi connectivity index (χ1) is 11.8.